The molecule has 0 N–H and O–H groups in total. The van der Waals surface area contributed by atoms with Gasteiger partial charge in [-0.05, 0) is 0 Å². The first kappa shape index (κ1) is 9.62. The maximum absolute atomic E-state index is 12.6. The van der Waals surface area contributed by atoms with Crippen LogP contribution < -0.4 is 5.30 Å². The highest BCUT2D eigenvalue weighted by atomic mass is 35.7. The van der Waals surface area contributed by atoms with Gasteiger partial charge in [-0.15, -0.1) is 0 Å². The Morgan fingerprint density at radius 2 is 1.58 bits per heavy atom. The summed E-state index contributed by atoms with van der Waals surface area (Å²) < 4.78 is 48.1. The highest BCUT2D eigenvalue weighted by Gasteiger charge is 2.14. The van der Waals surface area contributed by atoms with E-state index in [1.54, 1.807) is 0 Å². The first-order valence-corrected chi connectivity index (χ1v) is 5.28. The van der Waals surface area contributed by atoms with Gasteiger partial charge in [0.05, 0.1) is 5.30 Å². The summed E-state index contributed by atoms with van der Waals surface area (Å²) in [5.41, 5.74) is 0. The predicted molar refractivity (Wildman–Crippen MR) is 40.8 cm³/mol. The van der Waals surface area contributed by atoms with Gasteiger partial charge in [0.2, 0.25) is 0 Å². The van der Waals surface area contributed by atoms with Crippen molar-refractivity contribution < 1.29 is 17.7 Å². The fourth-order valence-electron chi connectivity index (χ4n) is 0.730. The molecule has 0 spiro atoms. The maximum Gasteiger partial charge on any atom is 0.191 e. The Bertz CT molecular complexity index is 319. The Kier molecular flexibility index (Phi) is 2.80. The molecular formula is C6H3ClF3OP. The van der Waals surface area contributed by atoms with Crippen molar-refractivity contribution in [1.82, 2.24) is 0 Å². The Labute approximate surface area is 71.7 Å². The number of rotatable bonds is 1. The maximum atomic E-state index is 12.6. The first-order chi connectivity index (χ1) is 5.52. The van der Waals surface area contributed by atoms with E-state index in [1.807, 2.05) is 0 Å². The molecule has 0 aliphatic carbocycles. The second-order valence-electron chi connectivity index (χ2n) is 2.02. The molecule has 1 unspecified atom stereocenters. The van der Waals surface area contributed by atoms with Crippen molar-refractivity contribution in [2.24, 2.45) is 0 Å². The van der Waals surface area contributed by atoms with Crippen LogP contribution >= 0.6 is 18.4 Å². The van der Waals surface area contributed by atoms with Gasteiger partial charge in [-0.2, -0.15) is 0 Å². The molecule has 6 heteroatoms. The van der Waals surface area contributed by atoms with Gasteiger partial charge in [-0.1, -0.05) is 11.2 Å². The zero-order valence-corrected chi connectivity index (χ0v) is 7.33. The third-order valence-electron chi connectivity index (χ3n) is 1.20. The van der Waals surface area contributed by atoms with Crippen LogP contribution in [-0.2, 0) is 4.57 Å². The minimum Gasteiger partial charge on any atom is -0.305 e. The minimum atomic E-state index is -2.98. The summed E-state index contributed by atoms with van der Waals surface area (Å²) in [6.45, 7) is 0. The van der Waals surface area contributed by atoms with Crippen molar-refractivity contribution in [1.29, 1.82) is 0 Å². The number of benzene rings is 1. The van der Waals surface area contributed by atoms with Crippen LogP contribution in [0.25, 0.3) is 0 Å². The second kappa shape index (κ2) is 3.50. The zero-order chi connectivity index (χ0) is 9.30. The molecular weight excluding hydrogens is 211 g/mol. The lowest BCUT2D eigenvalue weighted by Gasteiger charge is -1.99. The average molecular weight is 215 g/mol. The van der Waals surface area contributed by atoms with Crippen molar-refractivity contribution in [3.63, 3.8) is 0 Å². The average Bonchev–Trinajstić information content (AvgIpc) is 1.82. The molecule has 0 aliphatic rings. The van der Waals surface area contributed by atoms with E-state index in [0.29, 0.717) is 12.1 Å². The summed E-state index contributed by atoms with van der Waals surface area (Å²) in [5, 5.41) is -0.747. The molecule has 0 aromatic heterocycles. The molecule has 12 heavy (non-hydrogen) atoms. The van der Waals surface area contributed by atoms with E-state index in [9.17, 15) is 17.7 Å². The lowest BCUT2D eigenvalue weighted by molar-refractivity contribution is 0.550. The zero-order valence-electron chi connectivity index (χ0n) is 5.57. The lowest BCUT2D eigenvalue weighted by Crippen LogP contribution is -2.07. The molecule has 1 aromatic carbocycles. The Hall–Kier alpha value is -0.470. The largest absolute Gasteiger partial charge is 0.305 e. The van der Waals surface area contributed by atoms with E-state index in [4.69, 9.17) is 11.2 Å². The van der Waals surface area contributed by atoms with Crippen molar-refractivity contribution in [2.45, 2.75) is 0 Å². The Balaban J connectivity index is 3.38. The fraction of sp³-hybridized carbons (Fsp3) is 0. The Morgan fingerprint density at radius 3 is 1.92 bits per heavy atom. The van der Waals surface area contributed by atoms with Crippen LogP contribution in [0.4, 0.5) is 13.2 Å². The lowest BCUT2D eigenvalue weighted by atomic mass is 10.3. The summed E-state index contributed by atoms with van der Waals surface area (Å²) in [5.74, 6) is -3.49. The molecule has 1 atom stereocenters. The van der Waals surface area contributed by atoms with Crippen molar-refractivity contribution in [3.8, 4) is 0 Å². The van der Waals surface area contributed by atoms with Crippen molar-refractivity contribution >= 4 is 23.7 Å². The second-order valence-corrected chi connectivity index (χ2v) is 4.10. The first-order valence-electron chi connectivity index (χ1n) is 2.86. The van der Waals surface area contributed by atoms with Gasteiger partial charge < -0.3 is 4.57 Å². The number of halogens is 4. The van der Waals surface area contributed by atoms with Crippen LogP contribution in [0.5, 0.6) is 0 Å². The van der Waals surface area contributed by atoms with E-state index >= 15 is 0 Å². The number of hydrogen-bond acceptors (Lipinski definition) is 1. The summed E-state index contributed by atoms with van der Waals surface area (Å²) in [6.07, 6.45) is 0. The van der Waals surface area contributed by atoms with Gasteiger partial charge in [0.1, 0.15) is 17.5 Å². The highest BCUT2D eigenvalue weighted by Crippen LogP contribution is 2.28. The molecule has 0 amide bonds. The monoisotopic (exact) mass is 214 g/mol. The van der Waals surface area contributed by atoms with Gasteiger partial charge in [0.25, 0.3) is 0 Å². The molecule has 66 valence electrons. The van der Waals surface area contributed by atoms with Crippen LogP contribution in [-0.4, -0.2) is 0 Å². The molecule has 0 aliphatic heterocycles. The third-order valence-corrected chi connectivity index (χ3v) is 2.64. The molecule has 0 radical (unpaired) electrons. The third kappa shape index (κ3) is 1.82. The predicted octanol–water partition coefficient (Wildman–Crippen LogP) is 2.44. The fourth-order valence-corrected chi connectivity index (χ4v) is 1.79. The standard InChI is InChI=1S/C6H3ClF3OP/c7-12(11)6-4(9)1-3(8)2-5(6)10/h1-2,12H. The molecule has 1 aromatic rings. The summed E-state index contributed by atoms with van der Waals surface area (Å²) in [4.78, 5) is 0. The van der Waals surface area contributed by atoms with E-state index in [0.717, 1.165) is 0 Å². The molecule has 0 saturated carbocycles. The minimum absolute atomic E-state index is 0.434. The van der Waals surface area contributed by atoms with Gasteiger partial charge in [-0.25, -0.2) is 13.2 Å². The molecule has 0 heterocycles. The normalized spacial score (nSPS) is 13.0. The topological polar surface area (TPSA) is 17.1 Å². The highest BCUT2D eigenvalue weighted by molar-refractivity contribution is 7.80. The Morgan fingerprint density at radius 1 is 1.17 bits per heavy atom. The molecule has 0 fully saturated rings. The summed E-state index contributed by atoms with van der Waals surface area (Å²) in [7, 11) is -2.98. The van der Waals surface area contributed by atoms with Crippen molar-refractivity contribution in [2.75, 3.05) is 0 Å². The van der Waals surface area contributed by atoms with E-state index < -0.39 is 29.9 Å². The summed E-state index contributed by atoms with van der Waals surface area (Å²) in [6, 6.07) is 0.868. The molecule has 0 saturated heterocycles. The smallest absolute Gasteiger partial charge is 0.191 e. The van der Waals surface area contributed by atoms with Gasteiger partial charge >= 0.3 is 0 Å². The molecule has 0 bridgehead atoms. The van der Waals surface area contributed by atoms with Gasteiger partial charge in [-0.3, -0.25) is 0 Å². The van der Waals surface area contributed by atoms with Crippen LogP contribution in [0, 0.1) is 17.5 Å². The van der Waals surface area contributed by atoms with Crippen LogP contribution in [0.1, 0.15) is 0 Å². The van der Waals surface area contributed by atoms with Crippen LogP contribution in [0.3, 0.4) is 0 Å². The molecule has 1 nitrogen and oxygen atoms in total. The van der Waals surface area contributed by atoms with E-state index in [-0.39, 0.29) is 0 Å². The SMILES string of the molecule is O=[PH](Cl)c1c(F)cc(F)cc1F. The molecule has 1 rings (SSSR count). The van der Waals surface area contributed by atoms with Crippen molar-refractivity contribution in [3.05, 3.63) is 29.6 Å². The van der Waals surface area contributed by atoms with Gasteiger partial charge in [0, 0.05) is 12.1 Å². The van der Waals surface area contributed by atoms with E-state index in [2.05, 4.69) is 0 Å². The van der Waals surface area contributed by atoms with E-state index in [1.165, 1.54) is 0 Å². The number of hydrogen-bond donors (Lipinski definition) is 0. The van der Waals surface area contributed by atoms with Crippen LogP contribution in [0.2, 0.25) is 0 Å². The van der Waals surface area contributed by atoms with Gasteiger partial charge in [0.15, 0.2) is 7.15 Å². The quantitative estimate of drug-likeness (QED) is 0.656. The van der Waals surface area contributed by atoms with Crippen LogP contribution in [0.15, 0.2) is 12.1 Å². The summed E-state index contributed by atoms with van der Waals surface area (Å²) >= 11 is 5.01.